The molecule has 2 saturated carbocycles. The first-order chi connectivity index (χ1) is 25.7. The smallest absolute Gasteiger partial charge is 0.338 e. The maximum atomic E-state index is 15.0. The van der Waals surface area contributed by atoms with E-state index in [-0.39, 0.29) is 29.7 Å². The lowest BCUT2D eigenvalue weighted by Crippen LogP contribution is -2.81. The number of ketones is 1. The van der Waals surface area contributed by atoms with Gasteiger partial charge in [0.1, 0.15) is 17.8 Å². The SMILES string of the molecule is CC(=O)O[C@H]1C(=O)[C@@]2(C)[C@H]([C@H](O)[C@]3(O)C[C@H](OC(=O)[C@H](O)[C@@H](NC(=O)c4ccc(Cl)cc4)c4ccccc4)C(C)=C1C3(C)C)[C@]1(OC(C)=O)CO[C@@H]1C[C@@H]2O. The molecular formula is C40H46ClNO13. The zero-order valence-electron chi connectivity index (χ0n) is 31.3. The molecule has 0 radical (unpaired) electrons. The van der Waals surface area contributed by atoms with Crippen LogP contribution in [0.15, 0.2) is 65.7 Å². The molecule has 2 bridgehead atoms. The lowest BCUT2D eigenvalue weighted by Gasteiger charge is -2.67. The summed E-state index contributed by atoms with van der Waals surface area (Å²) in [5.41, 5.74) is -6.79. The predicted molar refractivity (Wildman–Crippen MR) is 193 cm³/mol. The van der Waals surface area contributed by atoms with Crippen molar-refractivity contribution in [1.82, 2.24) is 5.32 Å². The fourth-order valence-corrected chi connectivity index (χ4v) is 9.44. The first kappa shape index (κ1) is 40.5. The van der Waals surface area contributed by atoms with Crippen LogP contribution in [-0.2, 0) is 38.1 Å². The van der Waals surface area contributed by atoms with E-state index in [9.17, 15) is 44.4 Å². The van der Waals surface area contributed by atoms with Gasteiger partial charge in [0, 0.05) is 48.6 Å². The number of Topliss-reactive ketones (excluding diaryl/α,β-unsaturated/α-hetero) is 1. The van der Waals surface area contributed by atoms with Crippen LogP contribution in [0.25, 0.3) is 0 Å². The van der Waals surface area contributed by atoms with Crippen molar-refractivity contribution in [3.63, 3.8) is 0 Å². The summed E-state index contributed by atoms with van der Waals surface area (Å²) < 4.78 is 23.2. The highest BCUT2D eigenvalue weighted by Gasteiger charge is 2.77. The van der Waals surface area contributed by atoms with Crippen molar-refractivity contribution in [3.05, 3.63) is 81.9 Å². The molecule has 2 aromatic rings. The van der Waals surface area contributed by atoms with Crippen LogP contribution in [0.3, 0.4) is 0 Å². The van der Waals surface area contributed by atoms with Gasteiger partial charge in [-0.3, -0.25) is 19.2 Å². The van der Waals surface area contributed by atoms with Gasteiger partial charge in [0.15, 0.2) is 23.6 Å². The molecule has 1 heterocycles. The molecule has 296 valence electrons. The molecular weight excluding hydrogens is 738 g/mol. The molecule has 1 aliphatic heterocycles. The average Bonchev–Trinajstić information content (AvgIpc) is 3.12. The monoisotopic (exact) mass is 783 g/mol. The molecule has 3 aliphatic carbocycles. The van der Waals surface area contributed by atoms with Crippen LogP contribution in [-0.4, -0.2) is 104 Å². The van der Waals surface area contributed by atoms with Gasteiger partial charge in [-0.25, -0.2) is 4.79 Å². The fourth-order valence-electron chi connectivity index (χ4n) is 9.31. The highest BCUT2D eigenvalue weighted by molar-refractivity contribution is 6.30. The maximum Gasteiger partial charge on any atom is 0.338 e. The highest BCUT2D eigenvalue weighted by Crippen LogP contribution is 2.63. The van der Waals surface area contributed by atoms with E-state index in [1.165, 1.54) is 38.1 Å². The number of aliphatic hydroxyl groups is 4. The number of ether oxygens (including phenoxy) is 4. The lowest BCUT2D eigenvalue weighted by molar-refractivity contribution is -0.346. The van der Waals surface area contributed by atoms with Crippen molar-refractivity contribution in [2.24, 2.45) is 16.7 Å². The number of aliphatic hydroxyl groups excluding tert-OH is 3. The summed E-state index contributed by atoms with van der Waals surface area (Å²) in [6.07, 6.45) is -10.3. The Labute approximate surface area is 322 Å². The molecule has 1 saturated heterocycles. The van der Waals surface area contributed by atoms with Gasteiger partial charge in [0.2, 0.25) is 0 Å². The first-order valence-corrected chi connectivity index (χ1v) is 18.4. The Balaban J connectivity index is 1.43. The van der Waals surface area contributed by atoms with E-state index >= 15 is 0 Å². The summed E-state index contributed by atoms with van der Waals surface area (Å²) >= 11 is 5.99. The zero-order valence-corrected chi connectivity index (χ0v) is 32.0. The third kappa shape index (κ3) is 6.46. The van der Waals surface area contributed by atoms with Crippen molar-refractivity contribution in [1.29, 1.82) is 0 Å². The molecule has 0 unspecified atom stereocenters. The van der Waals surface area contributed by atoms with E-state index in [1.807, 2.05) is 0 Å². The number of carbonyl (C=O) groups is 5. The quantitative estimate of drug-likeness (QED) is 0.148. The Hall–Kier alpha value is -4.18. The van der Waals surface area contributed by atoms with Gasteiger partial charge in [0.25, 0.3) is 5.91 Å². The predicted octanol–water partition coefficient (Wildman–Crippen LogP) is 2.52. The van der Waals surface area contributed by atoms with Gasteiger partial charge in [-0.1, -0.05) is 55.8 Å². The Bertz CT molecular complexity index is 1920. The van der Waals surface area contributed by atoms with Crippen LogP contribution in [0.2, 0.25) is 5.02 Å². The number of amides is 1. The number of fused-ring (bicyclic) bond motifs is 5. The van der Waals surface area contributed by atoms with Crippen molar-refractivity contribution in [2.45, 2.75) is 108 Å². The van der Waals surface area contributed by atoms with Crippen molar-refractivity contribution < 1.29 is 63.3 Å². The number of esters is 3. The third-order valence-electron chi connectivity index (χ3n) is 12.3. The molecule has 5 N–H and O–H groups in total. The van der Waals surface area contributed by atoms with Gasteiger partial charge in [-0.05, 0) is 54.8 Å². The Morgan fingerprint density at radius 3 is 2.16 bits per heavy atom. The Morgan fingerprint density at radius 2 is 1.60 bits per heavy atom. The second-order valence-corrected chi connectivity index (χ2v) is 16.2. The number of rotatable bonds is 8. The standard InChI is InChI=1S/C40H46ClNO13/c1-19-25(54-36(50)30(46)29(22-10-8-7-9-11-22)42-35(49)23-12-14-24(41)15-13-23)17-40(51)34(48)32-38(6,26(45)16-27-39(32,18-52-27)55-21(3)44)33(47)31(53-20(2)43)28(19)37(40,4)5/h7-15,25-27,29-32,34,45-46,48,51H,16-18H2,1-6H3,(H,42,49)/t25-,26-,27+,29-,30+,31+,32-,34-,38+,39-,40+/m0/s1. The summed E-state index contributed by atoms with van der Waals surface area (Å²) in [6.45, 7) is 7.95. The first-order valence-electron chi connectivity index (χ1n) is 18.0. The molecule has 11 atom stereocenters. The average molecular weight is 784 g/mol. The fraction of sp³-hybridized carbons (Fsp3) is 0.525. The van der Waals surface area contributed by atoms with E-state index in [0.717, 1.165) is 13.8 Å². The number of halogens is 1. The van der Waals surface area contributed by atoms with E-state index < -0.39 is 107 Å². The van der Waals surface area contributed by atoms with E-state index in [0.29, 0.717) is 10.6 Å². The lowest BCUT2D eigenvalue weighted by atomic mass is 9.44. The summed E-state index contributed by atoms with van der Waals surface area (Å²) in [7, 11) is 0. The van der Waals surface area contributed by atoms with Gasteiger partial charge >= 0.3 is 17.9 Å². The number of benzene rings is 2. The maximum absolute atomic E-state index is 15.0. The van der Waals surface area contributed by atoms with E-state index in [1.54, 1.807) is 44.2 Å². The summed E-state index contributed by atoms with van der Waals surface area (Å²) in [5.74, 6) is -5.82. The molecule has 14 nitrogen and oxygen atoms in total. The minimum Gasteiger partial charge on any atom is -0.456 e. The molecule has 0 aromatic heterocycles. The largest absolute Gasteiger partial charge is 0.456 e. The zero-order chi connectivity index (χ0) is 40.4. The second kappa shape index (κ2) is 14.4. The Kier molecular flexibility index (Phi) is 10.6. The highest BCUT2D eigenvalue weighted by atomic mass is 35.5. The van der Waals surface area contributed by atoms with Crippen LogP contribution in [0.5, 0.6) is 0 Å². The molecule has 0 spiro atoms. The Morgan fingerprint density at radius 1 is 0.964 bits per heavy atom. The van der Waals surface area contributed by atoms with Crippen LogP contribution in [0.1, 0.15) is 76.3 Å². The van der Waals surface area contributed by atoms with Gasteiger partial charge < -0.3 is 44.7 Å². The van der Waals surface area contributed by atoms with Crippen molar-refractivity contribution in [2.75, 3.05) is 6.61 Å². The number of hydrogen-bond acceptors (Lipinski definition) is 13. The topological polar surface area (TPSA) is 215 Å². The van der Waals surface area contributed by atoms with E-state index in [2.05, 4.69) is 5.32 Å². The second-order valence-electron chi connectivity index (χ2n) is 15.7. The number of hydrogen-bond donors (Lipinski definition) is 5. The minimum atomic E-state index is -2.32. The van der Waals surface area contributed by atoms with Gasteiger partial charge in [0.05, 0.1) is 30.3 Å². The molecule has 4 aliphatic rings. The van der Waals surface area contributed by atoms with Crippen molar-refractivity contribution >= 4 is 41.2 Å². The number of carbonyl (C=O) groups excluding carboxylic acids is 5. The minimum absolute atomic E-state index is 0.0174. The molecule has 2 aromatic carbocycles. The molecule has 3 fully saturated rings. The van der Waals surface area contributed by atoms with Crippen LogP contribution < -0.4 is 5.32 Å². The van der Waals surface area contributed by atoms with Gasteiger partial charge in [-0.2, -0.15) is 0 Å². The van der Waals surface area contributed by atoms with Crippen LogP contribution in [0, 0.1) is 16.7 Å². The molecule has 6 rings (SSSR count). The van der Waals surface area contributed by atoms with Crippen LogP contribution in [0.4, 0.5) is 0 Å². The third-order valence-corrected chi connectivity index (χ3v) is 12.6. The number of nitrogens with one attached hydrogen (secondary N) is 1. The van der Waals surface area contributed by atoms with Gasteiger partial charge in [-0.15, -0.1) is 0 Å². The summed E-state index contributed by atoms with van der Waals surface area (Å²) in [4.78, 5) is 67.6. The molecule has 15 heteroatoms. The van der Waals surface area contributed by atoms with Crippen molar-refractivity contribution in [3.8, 4) is 0 Å². The van der Waals surface area contributed by atoms with Crippen LogP contribution >= 0.6 is 11.6 Å². The molecule has 1 amide bonds. The normalized spacial score (nSPS) is 34.6. The van der Waals surface area contributed by atoms with E-state index in [4.69, 9.17) is 30.5 Å². The summed E-state index contributed by atoms with van der Waals surface area (Å²) in [6, 6.07) is 12.8. The molecule has 55 heavy (non-hydrogen) atoms. The summed E-state index contributed by atoms with van der Waals surface area (Å²) in [5, 5.41) is 51.8.